The Kier molecular flexibility index (Phi) is 6.15. The van der Waals surface area contributed by atoms with Crippen molar-refractivity contribution in [3.05, 3.63) is 65.2 Å². The highest BCUT2D eigenvalue weighted by Gasteiger charge is 2.34. The van der Waals surface area contributed by atoms with Crippen LogP contribution in [-0.4, -0.2) is 31.9 Å². The molecule has 5 nitrogen and oxygen atoms in total. The number of piperidine rings is 1. The van der Waals surface area contributed by atoms with Crippen molar-refractivity contribution in [2.45, 2.75) is 30.8 Å². The number of nitrogens with zero attached hydrogens (tertiary/aromatic N) is 2. The Labute approximate surface area is 167 Å². The highest BCUT2D eigenvalue weighted by molar-refractivity contribution is 7.88. The van der Waals surface area contributed by atoms with Crippen LogP contribution in [0.5, 0.6) is 0 Å². The molecule has 0 bridgehead atoms. The van der Waals surface area contributed by atoms with Gasteiger partial charge in [-0.05, 0) is 36.6 Å². The van der Waals surface area contributed by atoms with E-state index in [9.17, 15) is 21.6 Å². The topological polar surface area (TPSA) is 73.2 Å². The number of nitrogens with one attached hydrogen (secondary N) is 1. The minimum Gasteiger partial charge on any atom is -0.382 e. The number of nitriles is 1. The fourth-order valence-electron chi connectivity index (χ4n) is 3.36. The Morgan fingerprint density at radius 2 is 1.76 bits per heavy atom. The summed E-state index contributed by atoms with van der Waals surface area (Å²) in [5.74, 6) is -0.0729. The molecule has 2 aromatic rings. The summed E-state index contributed by atoms with van der Waals surface area (Å²) >= 11 is 0. The summed E-state index contributed by atoms with van der Waals surface area (Å²) in [5, 5.41) is 11.9. The molecule has 1 fully saturated rings. The molecule has 154 valence electrons. The fraction of sp³-hybridized carbons (Fsp3) is 0.350. The van der Waals surface area contributed by atoms with Crippen LogP contribution in [0.15, 0.2) is 48.5 Å². The van der Waals surface area contributed by atoms with E-state index in [4.69, 9.17) is 5.26 Å². The molecule has 0 aromatic heterocycles. The van der Waals surface area contributed by atoms with Crippen molar-refractivity contribution in [2.75, 3.05) is 18.4 Å². The van der Waals surface area contributed by atoms with Gasteiger partial charge in [0, 0.05) is 24.8 Å². The minimum atomic E-state index is -4.61. The molecule has 1 N–H and O–H groups in total. The van der Waals surface area contributed by atoms with Crippen molar-refractivity contribution < 1.29 is 21.6 Å². The van der Waals surface area contributed by atoms with Crippen LogP contribution in [0.4, 0.5) is 18.9 Å². The summed E-state index contributed by atoms with van der Waals surface area (Å²) in [7, 11) is -3.45. The van der Waals surface area contributed by atoms with Crippen molar-refractivity contribution in [1.82, 2.24) is 4.31 Å². The molecule has 0 spiro atoms. The van der Waals surface area contributed by atoms with E-state index in [2.05, 4.69) is 5.32 Å². The van der Waals surface area contributed by atoms with E-state index in [1.54, 1.807) is 30.3 Å². The van der Waals surface area contributed by atoms with Gasteiger partial charge in [0.15, 0.2) is 0 Å². The summed E-state index contributed by atoms with van der Waals surface area (Å²) in [6.07, 6.45) is -3.65. The monoisotopic (exact) mass is 423 g/mol. The molecule has 3 rings (SSSR count). The first-order valence-electron chi connectivity index (χ1n) is 9.09. The standard InChI is InChI=1S/C20H20F3N3O2S/c21-20(22,23)19-12-18(7-6-16(19)13-24)25-17-8-10-26(11-9-17)29(27,28)14-15-4-2-1-3-5-15/h1-7,12,17,25H,8-11,14H2. The predicted molar refractivity (Wildman–Crippen MR) is 103 cm³/mol. The lowest BCUT2D eigenvalue weighted by Gasteiger charge is -2.32. The lowest BCUT2D eigenvalue weighted by Crippen LogP contribution is -2.42. The first-order valence-corrected chi connectivity index (χ1v) is 10.7. The molecule has 0 amide bonds. The Hall–Kier alpha value is -2.57. The van der Waals surface area contributed by atoms with E-state index in [1.807, 2.05) is 6.07 Å². The van der Waals surface area contributed by atoms with E-state index in [1.165, 1.54) is 10.4 Å². The van der Waals surface area contributed by atoms with Crippen LogP contribution >= 0.6 is 0 Å². The highest BCUT2D eigenvalue weighted by Crippen LogP contribution is 2.34. The first kappa shape index (κ1) is 21.1. The molecule has 0 radical (unpaired) electrons. The molecule has 9 heteroatoms. The molecule has 29 heavy (non-hydrogen) atoms. The van der Waals surface area contributed by atoms with Gasteiger partial charge in [0.05, 0.1) is 22.9 Å². The number of hydrogen-bond donors (Lipinski definition) is 1. The van der Waals surface area contributed by atoms with Crippen LogP contribution in [0.2, 0.25) is 0 Å². The maximum absolute atomic E-state index is 13.1. The second kappa shape index (κ2) is 8.43. The number of hydrogen-bond acceptors (Lipinski definition) is 4. The maximum atomic E-state index is 13.1. The van der Waals surface area contributed by atoms with Crippen LogP contribution in [0.1, 0.15) is 29.5 Å². The van der Waals surface area contributed by atoms with Crippen LogP contribution in [0, 0.1) is 11.3 Å². The summed E-state index contributed by atoms with van der Waals surface area (Å²) in [6.45, 7) is 0.602. The molecular formula is C20H20F3N3O2S. The lowest BCUT2D eigenvalue weighted by molar-refractivity contribution is -0.137. The predicted octanol–water partition coefficient (Wildman–Crippen LogP) is 3.98. The van der Waals surface area contributed by atoms with Gasteiger partial charge in [-0.15, -0.1) is 0 Å². The van der Waals surface area contributed by atoms with Gasteiger partial charge in [0.25, 0.3) is 0 Å². The molecule has 1 aliphatic rings. The Morgan fingerprint density at radius 1 is 1.10 bits per heavy atom. The molecule has 0 saturated carbocycles. The Morgan fingerprint density at radius 3 is 2.34 bits per heavy atom. The molecule has 2 aromatic carbocycles. The second-order valence-corrected chi connectivity index (χ2v) is 8.90. The van der Waals surface area contributed by atoms with Gasteiger partial charge in [-0.3, -0.25) is 0 Å². The zero-order valence-electron chi connectivity index (χ0n) is 15.5. The third kappa shape index (κ3) is 5.28. The zero-order valence-corrected chi connectivity index (χ0v) is 16.3. The van der Waals surface area contributed by atoms with Crippen molar-refractivity contribution >= 4 is 15.7 Å². The molecule has 0 atom stereocenters. The molecule has 1 aliphatic heterocycles. The summed E-state index contributed by atoms with van der Waals surface area (Å²) in [5.41, 5.74) is -0.426. The second-order valence-electron chi connectivity index (χ2n) is 6.93. The summed E-state index contributed by atoms with van der Waals surface area (Å²) < 4.78 is 65.9. The first-order chi connectivity index (χ1) is 13.7. The van der Waals surface area contributed by atoms with Crippen molar-refractivity contribution in [3.8, 4) is 6.07 Å². The van der Waals surface area contributed by atoms with Crippen molar-refractivity contribution in [3.63, 3.8) is 0 Å². The third-order valence-electron chi connectivity index (χ3n) is 4.86. The summed E-state index contributed by atoms with van der Waals surface area (Å²) in [4.78, 5) is 0. The number of sulfonamides is 1. The molecule has 0 unspecified atom stereocenters. The van der Waals surface area contributed by atoms with Gasteiger partial charge in [0.1, 0.15) is 0 Å². The van der Waals surface area contributed by atoms with E-state index >= 15 is 0 Å². The van der Waals surface area contributed by atoms with Gasteiger partial charge in [-0.25, -0.2) is 12.7 Å². The smallest absolute Gasteiger partial charge is 0.382 e. The number of benzene rings is 2. The third-order valence-corrected chi connectivity index (χ3v) is 6.71. The summed E-state index contributed by atoms with van der Waals surface area (Å²) in [6, 6.07) is 13.8. The van der Waals surface area contributed by atoms with Gasteiger partial charge in [0.2, 0.25) is 10.0 Å². The SMILES string of the molecule is N#Cc1ccc(NC2CCN(S(=O)(=O)Cc3ccccc3)CC2)cc1C(F)(F)F. The van der Waals surface area contributed by atoms with E-state index in [-0.39, 0.29) is 17.5 Å². The van der Waals surface area contributed by atoms with E-state index < -0.39 is 27.3 Å². The largest absolute Gasteiger partial charge is 0.417 e. The quantitative estimate of drug-likeness (QED) is 0.790. The van der Waals surface area contributed by atoms with Gasteiger partial charge in [-0.2, -0.15) is 18.4 Å². The maximum Gasteiger partial charge on any atom is 0.417 e. The van der Waals surface area contributed by atoms with Gasteiger partial charge in [-0.1, -0.05) is 30.3 Å². The minimum absolute atomic E-state index is 0.0729. The number of rotatable bonds is 5. The number of anilines is 1. The van der Waals surface area contributed by atoms with Crippen LogP contribution < -0.4 is 5.32 Å². The molecule has 1 saturated heterocycles. The highest BCUT2D eigenvalue weighted by atomic mass is 32.2. The molecule has 1 heterocycles. The molecule has 0 aliphatic carbocycles. The Bertz CT molecular complexity index is 994. The Balaban J connectivity index is 1.62. The van der Waals surface area contributed by atoms with Crippen LogP contribution in [0.25, 0.3) is 0 Å². The van der Waals surface area contributed by atoms with Gasteiger partial charge >= 0.3 is 6.18 Å². The number of halogens is 3. The van der Waals surface area contributed by atoms with Gasteiger partial charge < -0.3 is 5.32 Å². The number of alkyl halides is 3. The zero-order chi connectivity index (χ0) is 21.1. The lowest BCUT2D eigenvalue weighted by atomic mass is 10.0. The fourth-order valence-corrected chi connectivity index (χ4v) is 4.92. The average molecular weight is 423 g/mol. The average Bonchev–Trinajstić information content (AvgIpc) is 2.68. The normalized spacial score (nSPS) is 16.3. The van der Waals surface area contributed by atoms with Crippen LogP contribution in [-0.2, 0) is 22.0 Å². The van der Waals surface area contributed by atoms with E-state index in [0.29, 0.717) is 31.5 Å². The van der Waals surface area contributed by atoms with Crippen LogP contribution in [0.3, 0.4) is 0 Å². The van der Waals surface area contributed by atoms with Crippen molar-refractivity contribution in [2.24, 2.45) is 0 Å². The molecular weight excluding hydrogens is 403 g/mol. The van der Waals surface area contributed by atoms with E-state index in [0.717, 1.165) is 12.1 Å². The van der Waals surface area contributed by atoms with Crippen molar-refractivity contribution in [1.29, 1.82) is 5.26 Å².